The first-order valence-electron chi connectivity index (χ1n) is 6.97. The van der Waals surface area contributed by atoms with Crippen molar-refractivity contribution in [2.45, 2.75) is 20.3 Å². The van der Waals surface area contributed by atoms with Gasteiger partial charge in [0.2, 0.25) is 0 Å². The summed E-state index contributed by atoms with van der Waals surface area (Å²) in [5.41, 5.74) is 2.78. The first-order valence-corrected chi connectivity index (χ1v) is 8.58. The first kappa shape index (κ1) is 16.0. The van der Waals surface area contributed by atoms with Crippen molar-refractivity contribution >= 4 is 38.9 Å². The van der Waals surface area contributed by atoms with Crippen LogP contribution in [0.15, 0.2) is 34.1 Å². The zero-order valence-electron chi connectivity index (χ0n) is 12.2. The monoisotopic (exact) mass is 366 g/mol. The number of nitrogens with one attached hydrogen (secondary N) is 2. The molecule has 1 amide bonds. The fourth-order valence-electron chi connectivity index (χ4n) is 2.11. The summed E-state index contributed by atoms with van der Waals surface area (Å²) in [5.74, 6) is -0.00818. The summed E-state index contributed by atoms with van der Waals surface area (Å²) >= 11 is 5.15. The molecule has 1 heterocycles. The largest absolute Gasteiger partial charge is 0.385 e. The van der Waals surface area contributed by atoms with E-state index in [0.29, 0.717) is 6.54 Å². The smallest absolute Gasteiger partial charge is 0.251 e. The molecule has 0 aliphatic carbocycles. The molecule has 0 aliphatic rings. The molecule has 21 heavy (non-hydrogen) atoms. The molecule has 0 aliphatic heterocycles. The van der Waals surface area contributed by atoms with Gasteiger partial charge in [-0.05, 0) is 72.1 Å². The van der Waals surface area contributed by atoms with Crippen molar-refractivity contribution in [3.8, 4) is 0 Å². The third-order valence-electron chi connectivity index (χ3n) is 3.14. The summed E-state index contributed by atoms with van der Waals surface area (Å²) in [4.78, 5) is 13.5. The number of anilines is 1. The molecule has 0 spiro atoms. The van der Waals surface area contributed by atoms with Gasteiger partial charge >= 0.3 is 0 Å². The highest BCUT2D eigenvalue weighted by molar-refractivity contribution is 9.11. The van der Waals surface area contributed by atoms with E-state index in [1.54, 1.807) is 11.3 Å². The third kappa shape index (κ3) is 4.58. The quantitative estimate of drug-likeness (QED) is 0.803. The number of rotatable bonds is 6. The average Bonchev–Trinajstić information content (AvgIpc) is 2.85. The second-order valence-electron chi connectivity index (χ2n) is 4.77. The van der Waals surface area contributed by atoms with E-state index in [9.17, 15) is 4.79 Å². The van der Waals surface area contributed by atoms with E-state index in [-0.39, 0.29) is 5.91 Å². The summed E-state index contributed by atoms with van der Waals surface area (Å²) in [7, 11) is 0. The minimum absolute atomic E-state index is 0.00818. The van der Waals surface area contributed by atoms with Crippen LogP contribution in [-0.2, 0) is 6.42 Å². The molecule has 5 heteroatoms. The molecule has 0 saturated heterocycles. The standard InChI is InChI=1S/C16H19BrN2OS/c1-3-18-12-4-6-14(11(2)10-12)16(20)19-9-8-13-5-7-15(17)21-13/h4-7,10,18H,3,8-9H2,1-2H3,(H,19,20). The maximum atomic E-state index is 12.2. The molecule has 0 bridgehead atoms. The molecule has 0 atom stereocenters. The van der Waals surface area contributed by atoms with Crippen LogP contribution in [-0.4, -0.2) is 19.0 Å². The molecule has 0 unspecified atom stereocenters. The minimum atomic E-state index is -0.00818. The van der Waals surface area contributed by atoms with Crippen molar-refractivity contribution < 1.29 is 4.79 Å². The normalized spacial score (nSPS) is 10.4. The Labute approximate surface area is 137 Å². The van der Waals surface area contributed by atoms with Gasteiger partial charge in [-0.2, -0.15) is 0 Å². The highest BCUT2D eigenvalue weighted by Gasteiger charge is 2.09. The van der Waals surface area contributed by atoms with Crippen molar-refractivity contribution in [3.63, 3.8) is 0 Å². The van der Waals surface area contributed by atoms with Gasteiger partial charge in [0, 0.05) is 29.2 Å². The molecular weight excluding hydrogens is 348 g/mol. The number of hydrogen-bond donors (Lipinski definition) is 2. The van der Waals surface area contributed by atoms with Crippen molar-refractivity contribution in [2.75, 3.05) is 18.4 Å². The van der Waals surface area contributed by atoms with E-state index in [4.69, 9.17) is 0 Å². The lowest BCUT2D eigenvalue weighted by Gasteiger charge is -2.10. The van der Waals surface area contributed by atoms with Crippen LogP contribution in [0.25, 0.3) is 0 Å². The van der Waals surface area contributed by atoms with Crippen LogP contribution >= 0.6 is 27.3 Å². The Hall–Kier alpha value is -1.33. The van der Waals surface area contributed by atoms with Crippen LogP contribution in [0.5, 0.6) is 0 Å². The van der Waals surface area contributed by atoms with E-state index in [2.05, 4.69) is 39.6 Å². The molecule has 1 aromatic carbocycles. The van der Waals surface area contributed by atoms with E-state index in [1.807, 2.05) is 31.2 Å². The lowest BCUT2D eigenvalue weighted by Crippen LogP contribution is -2.26. The number of benzene rings is 1. The molecule has 112 valence electrons. The number of thiophene rings is 1. The van der Waals surface area contributed by atoms with Crippen molar-refractivity contribution in [1.29, 1.82) is 0 Å². The van der Waals surface area contributed by atoms with E-state index >= 15 is 0 Å². The minimum Gasteiger partial charge on any atom is -0.385 e. The Morgan fingerprint density at radius 1 is 1.29 bits per heavy atom. The first-order chi connectivity index (χ1) is 10.1. The van der Waals surface area contributed by atoms with Gasteiger partial charge in [0.1, 0.15) is 0 Å². The number of aryl methyl sites for hydroxylation is 1. The molecule has 3 nitrogen and oxygen atoms in total. The number of halogens is 1. The SMILES string of the molecule is CCNc1ccc(C(=O)NCCc2ccc(Br)s2)c(C)c1. The molecule has 0 radical (unpaired) electrons. The average molecular weight is 367 g/mol. The van der Waals surface area contributed by atoms with Crippen molar-refractivity contribution in [3.05, 3.63) is 50.1 Å². The van der Waals surface area contributed by atoms with Crippen LogP contribution in [0.2, 0.25) is 0 Å². The number of carbonyl (C=O) groups excluding carboxylic acids is 1. The van der Waals surface area contributed by atoms with Crippen molar-refractivity contribution in [1.82, 2.24) is 5.32 Å². The summed E-state index contributed by atoms with van der Waals surface area (Å²) in [6, 6.07) is 9.95. The molecular formula is C16H19BrN2OS. The van der Waals surface area contributed by atoms with E-state index < -0.39 is 0 Å². The Balaban J connectivity index is 1.91. The Morgan fingerprint density at radius 2 is 2.10 bits per heavy atom. The van der Waals surface area contributed by atoms with Gasteiger partial charge in [0.15, 0.2) is 0 Å². The zero-order chi connectivity index (χ0) is 15.2. The van der Waals surface area contributed by atoms with Gasteiger partial charge in [-0.1, -0.05) is 0 Å². The molecule has 1 aromatic heterocycles. The summed E-state index contributed by atoms with van der Waals surface area (Å²) < 4.78 is 1.12. The van der Waals surface area contributed by atoms with Crippen LogP contribution in [0.3, 0.4) is 0 Å². The van der Waals surface area contributed by atoms with Gasteiger partial charge in [-0.15, -0.1) is 11.3 Å². The van der Waals surface area contributed by atoms with Crippen LogP contribution in [0.1, 0.15) is 27.7 Å². The fourth-order valence-corrected chi connectivity index (χ4v) is 3.60. The molecule has 2 rings (SSSR count). The van der Waals surface area contributed by atoms with E-state index in [0.717, 1.165) is 33.6 Å². The number of carbonyl (C=O) groups is 1. The van der Waals surface area contributed by atoms with E-state index in [1.165, 1.54) is 4.88 Å². The second kappa shape index (κ2) is 7.61. The van der Waals surface area contributed by atoms with Gasteiger partial charge in [-0.3, -0.25) is 4.79 Å². The summed E-state index contributed by atoms with van der Waals surface area (Å²) in [6.45, 7) is 5.55. The summed E-state index contributed by atoms with van der Waals surface area (Å²) in [6.07, 6.45) is 0.858. The predicted molar refractivity (Wildman–Crippen MR) is 93.4 cm³/mol. The third-order valence-corrected chi connectivity index (χ3v) is 4.82. The highest BCUT2D eigenvalue weighted by Crippen LogP contribution is 2.22. The van der Waals surface area contributed by atoms with Crippen molar-refractivity contribution in [2.24, 2.45) is 0 Å². The predicted octanol–water partition coefficient (Wildman–Crippen LogP) is 4.22. The van der Waals surface area contributed by atoms with Crippen LogP contribution in [0, 0.1) is 6.92 Å². The topological polar surface area (TPSA) is 41.1 Å². The molecule has 0 fully saturated rings. The lowest BCUT2D eigenvalue weighted by atomic mass is 10.1. The van der Waals surface area contributed by atoms with Crippen LogP contribution in [0.4, 0.5) is 5.69 Å². The maximum absolute atomic E-state index is 12.2. The van der Waals surface area contributed by atoms with Gasteiger partial charge < -0.3 is 10.6 Å². The number of hydrogen-bond acceptors (Lipinski definition) is 3. The van der Waals surface area contributed by atoms with Crippen LogP contribution < -0.4 is 10.6 Å². The maximum Gasteiger partial charge on any atom is 0.251 e. The van der Waals surface area contributed by atoms with Gasteiger partial charge in [0.25, 0.3) is 5.91 Å². The Bertz CT molecular complexity index is 624. The Kier molecular flexibility index (Phi) is 5.82. The zero-order valence-corrected chi connectivity index (χ0v) is 14.6. The van der Waals surface area contributed by atoms with Gasteiger partial charge in [0.05, 0.1) is 3.79 Å². The molecule has 2 N–H and O–H groups in total. The fraction of sp³-hybridized carbons (Fsp3) is 0.312. The summed E-state index contributed by atoms with van der Waals surface area (Å²) in [5, 5.41) is 6.23. The lowest BCUT2D eigenvalue weighted by molar-refractivity contribution is 0.0953. The highest BCUT2D eigenvalue weighted by atomic mass is 79.9. The molecule has 2 aromatic rings. The Morgan fingerprint density at radius 3 is 2.71 bits per heavy atom. The van der Waals surface area contributed by atoms with Gasteiger partial charge in [-0.25, -0.2) is 0 Å². The number of amides is 1. The molecule has 0 saturated carbocycles. The second-order valence-corrected chi connectivity index (χ2v) is 7.32.